The number of aromatic nitrogens is 4. The van der Waals surface area contributed by atoms with Crippen molar-refractivity contribution in [3.63, 3.8) is 0 Å². The Hall–Kier alpha value is -2.86. The smallest absolute Gasteiger partial charge is 0.223 e. The molecule has 0 aliphatic heterocycles. The van der Waals surface area contributed by atoms with Crippen LogP contribution in [-0.2, 0) is 18.3 Å². The van der Waals surface area contributed by atoms with Gasteiger partial charge in [0.15, 0.2) is 0 Å². The zero-order valence-electron chi connectivity index (χ0n) is 18.3. The molecule has 0 radical (unpaired) electrons. The van der Waals surface area contributed by atoms with Crippen LogP contribution in [0.25, 0.3) is 22.1 Å². The van der Waals surface area contributed by atoms with Crippen molar-refractivity contribution in [2.45, 2.75) is 44.4 Å². The van der Waals surface area contributed by atoms with Crippen molar-refractivity contribution in [1.29, 1.82) is 0 Å². The minimum Gasteiger partial charge on any atom is -0.356 e. The second kappa shape index (κ2) is 8.94. The van der Waals surface area contributed by atoms with Crippen molar-refractivity contribution in [1.82, 2.24) is 24.8 Å². The summed E-state index contributed by atoms with van der Waals surface area (Å²) in [5.41, 5.74) is 3.99. The molecule has 7 heteroatoms. The Morgan fingerprint density at radius 1 is 1.16 bits per heavy atom. The molecule has 6 nitrogen and oxygen atoms in total. The third-order valence-electron chi connectivity index (χ3n) is 6.67. The van der Waals surface area contributed by atoms with Crippen molar-refractivity contribution in [3.05, 3.63) is 59.1 Å². The van der Waals surface area contributed by atoms with Gasteiger partial charge in [-0.3, -0.25) is 4.79 Å². The van der Waals surface area contributed by atoms with Crippen LogP contribution in [0.2, 0.25) is 5.02 Å². The Kier molecular flexibility index (Phi) is 5.87. The number of aryl methyl sites for hydroxylation is 2. The molecule has 1 saturated carbocycles. The lowest BCUT2D eigenvalue weighted by molar-refractivity contribution is -0.126. The summed E-state index contributed by atoms with van der Waals surface area (Å²) in [4.78, 5) is 26.0. The van der Waals surface area contributed by atoms with E-state index in [9.17, 15) is 4.79 Å². The van der Waals surface area contributed by atoms with Gasteiger partial charge in [0.25, 0.3) is 0 Å². The Morgan fingerprint density at radius 3 is 2.88 bits per heavy atom. The van der Waals surface area contributed by atoms with E-state index in [2.05, 4.69) is 28.0 Å². The molecule has 32 heavy (non-hydrogen) atoms. The first-order chi connectivity index (χ1) is 15.6. The summed E-state index contributed by atoms with van der Waals surface area (Å²) in [6.45, 7) is 0.654. The molecule has 2 aromatic heterocycles. The van der Waals surface area contributed by atoms with Crippen LogP contribution >= 0.6 is 11.6 Å². The highest BCUT2D eigenvalue weighted by Crippen LogP contribution is 2.37. The molecular weight excluding hydrogens is 422 g/mol. The molecule has 5 rings (SSSR count). The number of aromatic amines is 1. The van der Waals surface area contributed by atoms with Gasteiger partial charge in [-0.25, -0.2) is 9.97 Å². The van der Waals surface area contributed by atoms with Gasteiger partial charge in [-0.2, -0.15) is 0 Å². The number of halogens is 1. The fourth-order valence-electron chi connectivity index (χ4n) is 4.96. The van der Waals surface area contributed by atoms with E-state index in [0.29, 0.717) is 11.6 Å². The zero-order chi connectivity index (χ0) is 22.1. The van der Waals surface area contributed by atoms with Crippen LogP contribution in [0.1, 0.15) is 49.7 Å². The van der Waals surface area contributed by atoms with E-state index in [1.807, 2.05) is 36.4 Å². The molecule has 0 unspecified atom stereocenters. The molecule has 0 bridgehead atoms. The zero-order valence-corrected chi connectivity index (χ0v) is 19.0. The third kappa shape index (κ3) is 4.11. The number of benzene rings is 2. The summed E-state index contributed by atoms with van der Waals surface area (Å²) in [5.74, 6) is 2.17. The molecule has 4 aromatic rings. The first-order valence-corrected chi connectivity index (χ1v) is 11.8. The summed E-state index contributed by atoms with van der Waals surface area (Å²) in [6.07, 6.45) is 5.79. The minimum absolute atomic E-state index is 0.0458. The monoisotopic (exact) mass is 449 g/mol. The highest BCUT2D eigenvalue weighted by Gasteiger charge is 2.33. The topological polar surface area (TPSA) is 75.6 Å². The molecule has 1 aliphatic rings. The molecule has 1 aliphatic carbocycles. The summed E-state index contributed by atoms with van der Waals surface area (Å²) in [7, 11) is 2.05. The SMILES string of the molecule is Cn1c(CCCNC(=O)[C@H]2CCCC[C@H]2c2nc3ccc(Cl)cc3[nH]2)nc2ccccc21. The van der Waals surface area contributed by atoms with Crippen molar-refractivity contribution in [3.8, 4) is 0 Å². The van der Waals surface area contributed by atoms with Gasteiger partial charge in [0.2, 0.25) is 5.91 Å². The van der Waals surface area contributed by atoms with Crippen LogP contribution in [0, 0.1) is 5.92 Å². The van der Waals surface area contributed by atoms with Crippen LogP contribution in [-0.4, -0.2) is 32.0 Å². The van der Waals surface area contributed by atoms with Crippen LogP contribution in [0.15, 0.2) is 42.5 Å². The Labute approximate surface area is 192 Å². The second-order valence-corrected chi connectivity index (χ2v) is 9.19. The number of hydrogen-bond acceptors (Lipinski definition) is 3. The second-order valence-electron chi connectivity index (χ2n) is 8.75. The van der Waals surface area contributed by atoms with Gasteiger partial charge in [0, 0.05) is 36.9 Å². The van der Waals surface area contributed by atoms with Gasteiger partial charge < -0.3 is 14.9 Å². The number of nitrogens with zero attached hydrogens (tertiary/aromatic N) is 3. The molecule has 1 amide bonds. The first-order valence-electron chi connectivity index (χ1n) is 11.4. The summed E-state index contributed by atoms with van der Waals surface area (Å²) < 4.78 is 2.14. The van der Waals surface area contributed by atoms with Crippen LogP contribution < -0.4 is 5.32 Å². The van der Waals surface area contributed by atoms with Gasteiger partial charge in [-0.05, 0) is 49.6 Å². The molecule has 0 spiro atoms. The number of carbonyl (C=O) groups excluding carboxylic acids is 1. The molecule has 2 atom stereocenters. The molecule has 166 valence electrons. The molecule has 2 N–H and O–H groups in total. The fourth-order valence-corrected chi connectivity index (χ4v) is 5.13. The largest absolute Gasteiger partial charge is 0.356 e. The third-order valence-corrected chi connectivity index (χ3v) is 6.91. The molecule has 1 fully saturated rings. The summed E-state index contributed by atoms with van der Waals surface area (Å²) in [5, 5.41) is 3.87. The average molecular weight is 450 g/mol. The maximum Gasteiger partial charge on any atom is 0.223 e. The van der Waals surface area contributed by atoms with E-state index >= 15 is 0 Å². The predicted octanol–water partition coefficient (Wildman–Crippen LogP) is 5.13. The molecular formula is C25H28ClN5O. The average Bonchev–Trinajstić information content (AvgIpc) is 3.37. The summed E-state index contributed by atoms with van der Waals surface area (Å²) in [6, 6.07) is 13.8. The Balaban J connectivity index is 1.21. The van der Waals surface area contributed by atoms with E-state index in [-0.39, 0.29) is 17.7 Å². The predicted molar refractivity (Wildman–Crippen MR) is 128 cm³/mol. The van der Waals surface area contributed by atoms with Gasteiger partial charge in [-0.15, -0.1) is 0 Å². The normalized spacial score (nSPS) is 18.9. The Bertz CT molecular complexity index is 1260. The van der Waals surface area contributed by atoms with Gasteiger partial charge in [-0.1, -0.05) is 36.6 Å². The number of H-pyrrole nitrogens is 1. The first kappa shape index (κ1) is 21.0. The van der Waals surface area contributed by atoms with E-state index < -0.39 is 0 Å². The maximum absolute atomic E-state index is 13.1. The van der Waals surface area contributed by atoms with Crippen LogP contribution in [0.3, 0.4) is 0 Å². The summed E-state index contributed by atoms with van der Waals surface area (Å²) >= 11 is 6.12. The quantitative estimate of drug-likeness (QED) is 0.401. The number of fused-ring (bicyclic) bond motifs is 2. The lowest BCUT2D eigenvalue weighted by Gasteiger charge is -2.29. The molecule has 2 heterocycles. The fraction of sp³-hybridized carbons (Fsp3) is 0.400. The van der Waals surface area contributed by atoms with Crippen molar-refractivity contribution in [2.24, 2.45) is 13.0 Å². The minimum atomic E-state index is -0.0458. The van der Waals surface area contributed by atoms with E-state index in [0.717, 1.165) is 72.2 Å². The van der Waals surface area contributed by atoms with Crippen LogP contribution in [0.5, 0.6) is 0 Å². The van der Waals surface area contributed by atoms with E-state index in [1.54, 1.807) is 0 Å². The highest BCUT2D eigenvalue weighted by molar-refractivity contribution is 6.31. The maximum atomic E-state index is 13.1. The number of para-hydroxylation sites is 2. The van der Waals surface area contributed by atoms with E-state index in [1.165, 1.54) is 0 Å². The lowest BCUT2D eigenvalue weighted by Crippen LogP contribution is -2.36. The van der Waals surface area contributed by atoms with Crippen molar-refractivity contribution in [2.75, 3.05) is 6.54 Å². The number of carbonyl (C=O) groups is 1. The van der Waals surface area contributed by atoms with Crippen LogP contribution in [0.4, 0.5) is 0 Å². The molecule has 2 aromatic carbocycles. The lowest BCUT2D eigenvalue weighted by atomic mass is 9.78. The number of nitrogens with one attached hydrogen (secondary N) is 2. The van der Waals surface area contributed by atoms with Gasteiger partial charge in [0.05, 0.1) is 22.1 Å². The van der Waals surface area contributed by atoms with Crippen molar-refractivity contribution < 1.29 is 4.79 Å². The molecule has 0 saturated heterocycles. The van der Waals surface area contributed by atoms with E-state index in [4.69, 9.17) is 21.6 Å². The number of hydrogen-bond donors (Lipinski definition) is 2. The number of amides is 1. The highest BCUT2D eigenvalue weighted by atomic mass is 35.5. The number of rotatable bonds is 6. The standard InChI is InChI=1S/C25H28ClN5O/c1-31-22-10-5-4-9-20(22)28-23(31)11-6-14-27-25(32)18-8-3-2-7-17(18)24-29-19-13-12-16(26)15-21(19)30-24/h4-5,9-10,12-13,15,17-18H,2-3,6-8,11,14H2,1H3,(H,27,32)(H,29,30)/t17-,18+/m1/s1. The Morgan fingerprint density at radius 2 is 2.00 bits per heavy atom. The van der Waals surface area contributed by atoms with Crippen molar-refractivity contribution >= 4 is 39.6 Å². The van der Waals surface area contributed by atoms with Gasteiger partial charge in [0.1, 0.15) is 11.6 Å². The van der Waals surface area contributed by atoms with Gasteiger partial charge >= 0.3 is 0 Å². The number of imidazole rings is 2.